The van der Waals surface area contributed by atoms with E-state index in [9.17, 15) is 26.3 Å². The molecule has 0 spiro atoms. The molecule has 118 valence electrons. The zero-order valence-electron chi connectivity index (χ0n) is 10.9. The number of benzene rings is 2. The van der Waals surface area contributed by atoms with Gasteiger partial charge in [-0.05, 0) is 28.8 Å². The minimum atomic E-state index is -4.74. The van der Waals surface area contributed by atoms with Crippen molar-refractivity contribution in [3.63, 3.8) is 0 Å². The molecule has 0 aliphatic heterocycles. The van der Waals surface area contributed by atoms with Gasteiger partial charge in [0.2, 0.25) is 0 Å². The minimum absolute atomic E-state index is 0.0123. The summed E-state index contributed by atoms with van der Waals surface area (Å²) >= 11 is 3.03. The van der Waals surface area contributed by atoms with Crippen LogP contribution in [0.15, 0.2) is 42.5 Å². The molecule has 2 rings (SSSR count). The van der Waals surface area contributed by atoms with Crippen LogP contribution in [-0.2, 0) is 17.7 Å². The van der Waals surface area contributed by atoms with E-state index in [4.69, 9.17) is 0 Å². The molecule has 0 nitrogen and oxygen atoms in total. The first-order valence-electron chi connectivity index (χ1n) is 6.08. The Morgan fingerprint density at radius 3 is 1.82 bits per heavy atom. The molecule has 0 saturated carbocycles. The normalized spacial score (nSPS) is 12.5. The van der Waals surface area contributed by atoms with E-state index in [1.54, 1.807) is 0 Å². The van der Waals surface area contributed by atoms with Gasteiger partial charge in [-0.2, -0.15) is 26.3 Å². The number of halogens is 7. The Hall–Kier alpha value is -1.50. The Kier molecular flexibility index (Phi) is 4.56. The number of alkyl halides is 7. The SMILES string of the molecule is FC(F)(F)c1ccccc1-c1c(CBr)cccc1C(F)(F)F. The lowest BCUT2D eigenvalue weighted by Crippen LogP contribution is -2.12. The third-order valence-corrected chi connectivity index (χ3v) is 3.71. The lowest BCUT2D eigenvalue weighted by atomic mass is 9.91. The highest BCUT2D eigenvalue weighted by Crippen LogP contribution is 2.44. The first-order valence-corrected chi connectivity index (χ1v) is 7.20. The molecule has 0 aromatic heterocycles. The molecular formula is C15H9BrF6. The second-order valence-electron chi connectivity index (χ2n) is 4.51. The smallest absolute Gasteiger partial charge is 0.166 e. The van der Waals surface area contributed by atoms with Gasteiger partial charge in [-0.15, -0.1) is 0 Å². The molecule has 7 heteroatoms. The molecule has 0 amide bonds. The van der Waals surface area contributed by atoms with Crippen LogP contribution in [0, 0.1) is 0 Å². The molecule has 0 radical (unpaired) electrons. The van der Waals surface area contributed by atoms with Crippen molar-refractivity contribution in [1.29, 1.82) is 0 Å². The van der Waals surface area contributed by atoms with Gasteiger partial charge in [0, 0.05) is 5.33 Å². The third-order valence-electron chi connectivity index (χ3n) is 3.10. The maximum absolute atomic E-state index is 13.2. The molecule has 0 N–H and O–H groups in total. The average molecular weight is 383 g/mol. The lowest BCUT2D eigenvalue weighted by molar-refractivity contribution is -0.139. The molecule has 0 saturated heterocycles. The van der Waals surface area contributed by atoms with Crippen molar-refractivity contribution in [1.82, 2.24) is 0 Å². The lowest BCUT2D eigenvalue weighted by Gasteiger charge is -2.19. The maximum atomic E-state index is 13.2. The summed E-state index contributed by atoms with van der Waals surface area (Å²) in [7, 11) is 0. The molecule has 2 aromatic carbocycles. The van der Waals surface area contributed by atoms with Gasteiger partial charge in [-0.25, -0.2) is 0 Å². The molecule has 0 aliphatic carbocycles. The number of hydrogen-bond donors (Lipinski definition) is 0. The van der Waals surface area contributed by atoms with Crippen molar-refractivity contribution < 1.29 is 26.3 Å². The fourth-order valence-electron chi connectivity index (χ4n) is 2.21. The fraction of sp³-hybridized carbons (Fsp3) is 0.200. The highest BCUT2D eigenvalue weighted by atomic mass is 79.9. The molecule has 0 unspecified atom stereocenters. The van der Waals surface area contributed by atoms with Crippen LogP contribution in [0.5, 0.6) is 0 Å². The Bertz CT molecular complexity index is 672. The molecule has 0 fully saturated rings. The zero-order chi connectivity index (χ0) is 16.5. The van der Waals surface area contributed by atoms with E-state index in [1.807, 2.05) is 0 Å². The Balaban J connectivity index is 2.84. The van der Waals surface area contributed by atoms with Gasteiger partial charge in [0.25, 0.3) is 0 Å². The maximum Gasteiger partial charge on any atom is 0.417 e. The van der Waals surface area contributed by atoms with Gasteiger partial charge in [0.1, 0.15) is 0 Å². The van der Waals surface area contributed by atoms with Gasteiger partial charge in [-0.3, -0.25) is 0 Å². The molecule has 2 aromatic rings. The van der Waals surface area contributed by atoms with Gasteiger partial charge < -0.3 is 0 Å². The van der Waals surface area contributed by atoms with Crippen LogP contribution in [0.1, 0.15) is 16.7 Å². The molecule has 0 heterocycles. The Labute approximate surface area is 130 Å². The molecule has 0 atom stereocenters. The van der Waals surface area contributed by atoms with Gasteiger partial charge in [0.15, 0.2) is 0 Å². The minimum Gasteiger partial charge on any atom is -0.166 e. The van der Waals surface area contributed by atoms with Crippen LogP contribution in [0.2, 0.25) is 0 Å². The molecule has 0 bridgehead atoms. The van der Waals surface area contributed by atoms with Gasteiger partial charge >= 0.3 is 12.4 Å². The Morgan fingerprint density at radius 2 is 1.27 bits per heavy atom. The van der Waals surface area contributed by atoms with Crippen LogP contribution < -0.4 is 0 Å². The van der Waals surface area contributed by atoms with Crippen molar-refractivity contribution >= 4 is 15.9 Å². The molecule has 22 heavy (non-hydrogen) atoms. The summed E-state index contributed by atoms with van der Waals surface area (Å²) in [4.78, 5) is 0. The summed E-state index contributed by atoms with van der Waals surface area (Å²) in [5.74, 6) is 0. The van der Waals surface area contributed by atoms with E-state index in [-0.39, 0.29) is 10.9 Å². The van der Waals surface area contributed by atoms with E-state index in [0.29, 0.717) is 0 Å². The van der Waals surface area contributed by atoms with Crippen LogP contribution in [-0.4, -0.2) is 0 Å². The van der Waals surface area contributed by atoms with Crippen LogP contribution in [0.25, 0.3) is 11.1 Å². The summed E-state index contributed by atoms with van der Waals surface area (Å²) in [5, 5.41) is 0.0123. The average Bonchev–Trinajstić information content (AvgIpc) is 2.44. The standard InChI is InChI=1S/C15H9BrF6/c16-8-9-4-3-7-12(15(20,21)22)13(9)10-5-1-2-6-11(10)14(17,18)19/h1-7H,8H2. The van der Waals surface area contributed by atoms with E-state index in [0.717, 1.165) is 24.3 Å². The van der Waals surface area contributed by atoms with Crippen molar-refractivity contribution in [2.45, 2.75) is 17.7 Å². The first kappa shape index (κ1) is 16.9. The molecular weight excluding hydrogens is 374 g/mol. The van der Waals surface area contributed by atoms with Crippen LogP contribution >= 0.6 is 15.9 Å². The highest BCUT2D eigenvalue weighted by Gasteiger charge is 2.38. The topological polar surface area (TPSA) is 0 Å². The van der Waals surface area contributed by atoms with Gasteiger partial charge in [0.05, 0.1) is 11.1 Å². The molecule has 0 aliphatic rings. The van der Waals surface area contributed by atoms with Crippen molar-refractivity contribution in [2.75, 3.05) is 0 Å². The monoisotopic (exact) mass is 382 g/mol. The summed E-state index contributed by atoms with van der Waals surface area (Å²) in [5.41, 5.74) is -2.95. The third kappa shape index (κ3) is 3.29. The van der Waals surface area contributed by atoms with Crippen LogP contribution in [0.3, 0.4) is 0 Å². The van der Waals surface area contributed by atoms with Crippen molar-refractivity contribution in [3.05, 3.63) is 59.2 Å². The van der Waals surface area contributed by atoms with Crippen LogP contribution in [0.4, 0.5) is 26.3 Å². The van der Waals surface area contributed by atoms with E-state index >= 15 is 0 Å². The Morgan fingerprint density at radius 1 is 0.727 bits per heavy atom. The van der Waals surface area contributed by atoms with E-state index in [2.05, 4.69) is 15.9 Å². The fourth-order valence-corrected chi connectivity index (χ4v) is 2.68. The predicted octanol–water partition coefficient (Wildman–Crippen LogP) is 6.29. The predicted molar refractivity (Wildman–Crippen MR) is 74.5 cm³/mol. The first-order chi connectivity index (χ1) is 10.2. The summed E-state index contributed by atoms with van der Waals surface area (Å²) in [6, 6.07) is 7.60. The van der Waals surface area contributed by atoms with Gasteiger partial charge in [-0.1, -0.05) is 46.3 Å². The largest absolute Gasteiger partial charge is 0.417 e. The summed E-state index contributed by atoms with van der Waals surface area (Å²) in [6.45, 7) is 0. The van der Waals surface area contributed by atoms with E-state index in [1.165, 1.54) is 18.2 Å². The zero-order valence-corrected chi connectivity index (χ0v) is 12.5. The van der Waals surface area contributed by atoms with Crippen molar-refractivity contribution in [2.24, 2.45) is 0 Å². The second-order valence-corrected chi connectivity index (χ2v) is 5.08. The second kappa shape index (κ2) is 5.95. The summed E-state index contributed by atoms with van der Waals surface area (Å²) < 4.78 is 78.9. The number of hydrogen-bond acceptors (Lipinski definition) is 0. The summed E-state index contributed by atoms with van der Waals surface area (Å²) in [6.07, 6.45) is -9.48. The number of rotatable bonds is 2. The quantitative estimate of drug-likeness (QED) is 0.423. The highest BCUT2D eigenvalue weighted by molar-refractivity contribution is 9.08. The van der Waals surface area contributed by atoms with Crippen molar-refractivity contribution in [3.8, 4) is 11.1 Å². The van der Waals surface area contributed by atoms with E-state index < -0.39 is 34.6 Å².